The molecule has 1 aromatic heterocycles. The van der Waals surface area contributed by atoms with Gasteiger partial charge >= 0.3 is 0 Å². The molecule has 0 fully saturated rings. The molecular weight excluding hydrogens is 297 g/mol. The first-order valence-corrected chi connectivity index (χ1v) is 7.91. The van der Waals surface area contributed by atoms with Crippen LogP contribution in [0.5, 0.6) is 0 Å². The molecule has 0 bridgehead atoms. The molecule has 2 rings (SSSR count). The summed E-state index contributed by atoms with van der Waals surface area (Å²) in [4.78, 5) is 2.67. The van der Waals surface area contributed by atoms with Crippen molar-refractivity contribution in [3.05, 3.63) is 55.7 Å². The molecule has 0 aliphatic carbocycles. The first-order chi connectivity index (χ1) is 9.10. The van der Waals surface area contributed by atoms with Crippen molar-refractivity contribution in [3.63, 3.8) is 0 Å². The second kappa shape index (κ2) is 6.76. The van der Waals surface area contributed by atoms with Crippen LogP contribution in [-0.4, -0.2) is 6.54 Å². The normalized spacial score (nSPS) is 12.6. The summed E-state index contributed by atoms with van der Waals surface area (Å²) < 4.78 is 0. The molecule has 2 aromatic rings. The van der Waals surface area contributed by atoms with Crippen molar-refractivity contribution >= 4 is 34.5 Å². The molecule has 0 aliphatic rings. The van der Waals surface area contributed by atoms with Gasteiger partial charge in [-0.2, -0.15) is 0 Å². The molecule has 0 amide bonds. The van der Waals surface area contributed by atoms with Crippen LogP contribution in [-0.2, 0) is 6.42 Å². The molecule has 1 aromatic carbocycles. The predicted octanol–water partition coefficient (Wildman–Crippen LogP) is 5.26. The Morgan fingerprint density at radius 2 is 2.00 bits per heavy atom. The van der Waals surface area contributed by atoms with Crippen molar-refractivity contribution in [1.82, 2.24) is 5.32 Å². The van der Waals surface area contributed by atoms with E-state index in [1.807, 2.05) is 29.5 Å². The Labute approximate surface area is 128 Å². The van der Waals surface area contributed by atoms with Gasteiger partial charge in [-0.3, -0.25) is 0 Å². The van der Waals surface area contributed by atoms with Crippen LogP contribution in [0.25, 0.3) is 0 Å². The number of likely N-dealkylation sites (N-methyl/N-ethyl adjacent to an activating group) is 1. The molecule has 1 N–H and O–H groups in total. The first-order valence-electron chi connectivity index (χ1n) is 6.33. The zero-order chi connectivity index (χ0) is 13.8. The molecule has 19 heavy (non-hydrogen) atoms. The molecule has 0 saturated carbocycles. The summed E-state index contributed by atoms with van der Waals surface area (Å²) >= 11 is 14.1. The number of nitrogens with one attached hydrogen (secondary N) is 1. The van der Waals surface area contributed by atoms with E-state index in [0.717, 1.165) is 28.6 Å². The lowest BCUT2D eigenvalue weighted by Gasteiger charge is -2.17. The molecule has 4 heteroatoms. The first kappa shape index (κ1) is 14.9. The van der Waals surface area contributed by atoms with Gasteiger partial charge in [-0.25, -0.2) is 0 Å². The largest absolute Gasteiger partial charge is 0.309 e. The smallest absolute Gasteiger partial charge is 0.0456 e. The quantitative estimate of drug-likeness (QED) is 0.794. The number of hydrogen-bond acceptors (Lipinski definition) is 2. The Morgan fingerprint density at radius 1 is 1.21 bits per heavy atom. The number of rotatable bonds is 5. The van der Waals surface area contributed by atoms with E-state index < -0.39 is 0 Å². The van der Waals surface area contributed by atoms with Crippen LogP contribution in [0.15, 0.2) is 30.3 Å². The standard InChI is InChI=1S/C15H17Cl2NS/c1-3-18-14(15-7-4-10(2)19-15)9-11-8-12(16)5-6-13(11)17/h4-8,14,18H,3,9H2,1-2H3. The summed E-state index contributed by atoms with van der Waals surface area (Å²) in [5.41, 5.74) is 1.09. The Bertz CT molecular complexity index is 551. The number of hydrogen-bond donors (Lipinski definition) is 1. The molecule has 1 heterocycles. The van der Waals surface area contributed by atoms with Crippen molar-refractivity contribution in [2.75, 3.05) is 6.54 Å². The number of halogens is 2. The lowest BCUT2D eigenvalue weighted by molar-refractivity contribution is 0.558. The summed E-state index contributed by atoms with van der Waals surface area (Å²) in [6.45, 7) is 5.18. The van der Waals surface area contributed by atoms with Gasteiger partial charge in [0.1, 0.15) is 0 Å². The highest BCUT2D eigenvalue weighted by molar-refractivity contribution is 7.12. The number of benzene rings is 1. The molecule has 0 radical (unpaired) electrons. The fourth-order valence-electron chi connectivity index (χ4n) is 2.08. The van der Waals surface area contributed by atoms with Crippen molar-refractivity contribution < 1.29 is 0 Å². The Balaban J connectivity index is 2.23. The molecule has 0 spiro atoms. The maximum absolute atomic E-state index is 6.25. The van der Waals surface area contributed by atoms with Gasteiger partial charge < -0.3 is 5.32 Å². The monoisotopic (exact) mass is 313 g/mol. The van der Waals surface area contributed by atoms with E-state index in [0.29, 0.717) is 6.04 Å². The van der Waals surface area contributed by atoms with Crippen molar-refractivity contribution in [2.24, 2.45) is 0 Å². The molecule has 0 saturated heterocycles. The van der Waals surface area contributed by atoms with E-state index in [1.165, 1.54) is 9.75 Å². The number of thiophene rings is 1. The zero-order valence-corrected chi connectivity index (χ0v) is 13.4. The minimum Gasteiger partial charge on any atom is -0.309 e. The van der Waals surface area contributed by atoms with Crippen LogP contribution < -0.4 is 5.32 Å². The minimum absolute atomic E-state index is 0.291. The average Bonchev–Trinajstić information content (AvgIpc) is 2.80. The van der Waals surface area contributed by atoms with Gasteiger partial charge in [-0.15, -0.1) is 11.3 Å². The van der Waals surface area contributed by atoms with E-state index in [9.17, 15) is 0 Å². The highest BCUT2D eigenvalue weighted by Gasteiger charge is 2.15. The third-order valence-corrected chi connectivity index (χ3v) is 4.71. The van der Waals surface area contributed by atoms with Crippen LogP contribution in [0, 0.1) is 6.92 Å². The Hall–Kier alpha value is -0.540. The maximum atomic E-state index is 6.25. The number of aryl methyl sites for hydroxylation is 1. The molecule has 0 aliphatic heterocycles. The topological polar surface area (TPSA) is 12.0 Å². The summed E-state index contributed by atoms with van der Waals surface area (Å²) in [5.74, 6) is 0. The van der Waals surface area contributed by atoms with Gasteiger partial charge in [0, 0.05) is 25.8 Å². The lowest BCUT2D eigenvalue weighted by Crippen LogP contribution is -2.22. The van der Waals surface area contributed by atoms with Gasteiger partial charge in [0.25, 0.3) is 0 Å². The van der Waals surface area contributed by atoms with Crippen LogP contribution in [0.4, 0.5) is 0 Å². The average molecular weight is 314 g/mol. The third-order valence-electron chi connectivity index (χ3n) is 2.99. The molecule has 102 valence electrons. The minimum atomic E-state index is 0.291. The highest BCUT2D eigenvalue weighted by atomic mass is 35.5. The second-order valence-corrected chi connectivity index (χ2v) is 6.66. The molecular formula is C15H17Cl2NS. The van der Waals surface area contributed by atoms with E-state index >= 15 is 0 Å². The maximum Gasteiger partial charge on any atom is 0.0456 e. The van der Waals surface area contributed by atoms with Crippen molar-refractivity contribution in [3.8, 4) is 0 Å². The van der Waals surface area contributed by atoms with Crippen LogP contribution in [0.2, 0.25) is 10.0 Å². The molecule has 1 nitrogen and oxygen atoms in total. The summed E-state index contributed by atoms with van der Waals surface area (Å²) in [7, 11) is 0. The predicted molar refractivity (Wildman–Crippen MR) is 85.6 cm³/mol. The third kappa shape index (κ3) is 3.96. The van der Waals surface area contributed by atoms with Crippen molar-refractivity contribution in [2.45, 2.75) is 26.3 Å². The zero-order valence-electron chi connectivity index (χ0n) is 11.0. The van der Waals surface area contributed by atoms with Gasteiger partial charge in [-0.05, 0) is 55.8 Å². The summed E-state index contributed by atoms with van der Waals surface area (Å²) in [6.07, 6.45) is 0.854. The molecule has 1 unspecified atom stereocenters. The van der Waals surface area contributed by atoms with E-state index in [4.69, 9.17) is 23.2 Å². The van der Waals surface area contributed by atoms with Gasteiger partial charge in [-0.1, -0.05) is 30.1 Å². The van der Waals surface area contributed by atoms with Crippen LogP contribution in [0.1, 0.15) is 28.3 Å². The van der Waals surface area contributed by atoms with Gasteiger partial charge in [0.2, 0.25) is 0 Å². The Kier molecular flexibility index (Phi) is 5.28. The summed E-state index contributed by atoms with van der Waals surface area (Å²) in [6, 6.07) is 10.3. The van der Waals surface area contributed by atoms with Gasteiger partial charge in [0.15, 0.2) is 0 Å². The fourth-order valence-corrected chi connectivity index (χ4v) is 3.42. The SMILES string of the molecule is CCNC(Cc1cc(Cl)ccc1Cl)c1ccc(C)s1. The lowest BCUT2D eigenvalue weighted by atomic mass is 10.0. The fraction of sp³-hybridized carbons (Fsp3) is 0.333. The second-order valence-electron chi connectivity index (χ2n) is 4.50. The van der Waals surface area contributed by atoms with Crippen LogP contribution in [0.3, 0.4) is 0 Å². The summed E-state index contributed by atoms with van der Waals surface area (Å²) in [5, 5.41) is 5.03. The van der Waals surface area contributed by atoms with Crippen molar-refractivity contribution in [1.29, 1.82) is 0 Å². The van der Waals surface area contributed by atoms with Gasteiger partial charge in [0.05, 0.1) is 0 Å². The van der Waals surface area contributed by atoms with Crippen LogP contribution >= 0.6 is 34.5 Å². The van der Waals surface area contributed by atoms with E-state index in [-0.39, 0.29) is 0 Å². The van der Waals surface area contributed by atoms with E-state index in [2.05, 4.69) is 31.3 Å². The molecule has 1 atom stereocenters. The highest BCUT2D eigenvalue weighted by Crippen LogP contribution is 2.29. The Morgan fingerprint density at radius 3 is 2.63 bits per heavy atom. The van der Waals surface area contributed by atoms with E-state index in [1.54, 1.807) is 0 Å².